The number of hydrogen-bond acceptors (Lipinski definition) is 4. The second-order valence-electron chi connectivity index (χ2n) is 9.44. The van der Waals surface area contributed by atoms with Crippen molar-refractivity contribution in [2.75, 3.05) is 29.1 Å². The minimum atomic E-state index is -3.62. The lowest BCUT2D eigenvalue weighted by molar-refractivity contribution is 0.256. The van der Waals surface area contributed by atoms with Crippen molar-refractivity contribution >= 4 is 27.4 Å². The Hall–Kier alpha value is -1.76. The molecule has 0 aromatic heterocycles. The molecule has 7 heteroatoms. The van der Waals surface area contributed by atoms with E-state index in [-0.39, 0.29) is 5.75 Å². The van der Waals surface area contributed by atoms with Crippen LogP contribution in [0.1, 0.15) is 102 Å². The fourth-order valence-corrected chi connectivity index (χ4v) is 5.50. The Morgan fingerprint density at radius 3 is 2.33 bits per heavy atom. The number of carbonyl (C=O) groups is 1. The smallest absolute Gasteiger partial charge is 0.332 e. The SMILES string of the molecule is CCCCCCCCS(=O)(=O)NC(=O)Nc1cc2c(cc1C)N(CCCCCC)CCCC2. The van der Waals surface area contributed by atoms with E-state index in [1.165, 1.54) is 56.2 Å². The standard InChI is InChI=1S/C26H45N3O3S/c1-4-6-8-10-11-15-19-33(31,32)28-26(30)27-24-21-23-16-12-14-18-29(17-13-9-7-5-2)25(23)20-22(24)3/h20-21H,4-19H2,1-3H3,(H2,27,28,30). The molecule has 1 aliphatic heterocycles. The summed E-state index contributed by atoms with van der Waals surface area (Å²) in [4.78, 5) is 14.9. The Balaban J connectivity index is 1.95. The molecule has 0 saturated carbocycles. The number of unbranched alkanes of at least 4 members (excludes halogenated alkanes) is 8. The number of amides is 2. The summed E-state index contributed by atoms with van der Waals surface area (Å²) in [6.45, 7) is 8.50. The van der Waals surface area contributed by atoms with Gasteiger partial charge < -0.3 is 10.2 Å². The van der Waals surface area contributed by atoms with E-state index >= 15 is 0 Å². The topological polar surface area (TPSA) is 78.5 Å². The van der Waals surface area contributed by atoms with Crippen molar-refractivity contribution in [2.45, 2.75) is 104 Å². The molecule has 2 rings (SSSR count). The minimum Gasteiger partial charge on any atom is -0.371 e. The first-order valence-corrected chi connectivity index (χ1v) is 14.7. The molecule has 2 N–H and O–H groups in total. The van der Waals surface area contributed by atoms with Gasteiger partial charge in [0.2, 0.25) is 10.0 Å². The second kappa shape index (κ2) is 14.5. The molecule has 0 aliphatic carbocycles. The van der Waals surface area contributed by atoms with Crippen LogP contribution >= 0.6 is 0 Å². The third-order valence-electron chi connectivity index (χ3n) is 6.44. The Labute approximate surface area is 202 Å². The number of aryl methyl sites for hydroxylation is 2. The van der Waals surface area contributed by atoms with Gasteiger partial charge in [0.15, 0.2) is 0 Å². The summed E-state index contributed by atoms with van der Waals surface area (Å²) < 4.78 is 26.8. The molecule has 0 atom stereocenters. The van der Waals surface area contributed by atoms with Gasteiger partial charge in [0.25, 0.3) is 0 Å². The zero-order chi connectivity index (χ0) is 24.1. The molecule has 1 heterocycles. The predicted octanol–water partition coefficient (Wildman–Crippen LogP) is 6.53. The zero-order valence-electron chi connectivity index (χ0n) is 21.0. The second-order valence-corrected chi connectivity index (χ2v) is 11.3. The molecule has 33 heavy (non-hydrogen) atoms. The maximum absolute atomic E-state index is 12.4. The molecule has 0 fully saturated rings. The van der Waals surface area contributed by atoms with E-state index in [1.807, 2.05) is 13.0 Å². The van der Waals surface area contributed by atoms with Gasteiger partial charge in [-0.25, -0.2) is 17.9 Å². The van der Waals surface area contributed by atoms with Crippen molar-refractivity contribution in [3.8, 4) is 0 Å². The number of anilines is 2. The molecule has 0 unspecified atom stereocenters. The first-order valence-electron chi connectivity index (χ1n) is 13.1. The predicted molar refractivity (Wildman–Crippen MR) is 140 cm³/mol. The van der Waals surface area contributed by atoms with Crippen LogP contribution in [0, 0.1) is 6.92 Å². The van der Waals surface area contributed by atoms with Gasteiger partial charge >= 0.3 is 6.03 Å². The van der Waals surface area contributed by atoms with Crippen molar-refractivity contribution in [3.05, 3.63) is 23.3 Å². The monoisotopic (exact) mass is 479 g/mol. The van der Waals surface area contributed by atoms with Crippen LogP contribution in [0.15, 0.2) is 12.1 Å². The van der Waals surface area contributed by atoms with Gasteiger partial charge in [-0.05, 0) is 62.3 Å². The Bertz CT molecular complexity index is 839. The van der Waals surface area contributed by atoms with Gasteiger partial charge in [0, 0.05) is 24.5 Å². The van der Waals surface area contributed by atoms with Gasteiger partial charge in [-0.15, -0.1) is 0 Å². The third kappa shape index (κ3) is 9.95. The van der Waals surface area contributed by atoms with E-state index in [0.717, 1.165) is 50.8 Å². The van der Waals surface area contributed by atoms with Crippen LogP contribution in [0.2, 0.25) is 0 Å². The molecule has 1 aromatic rings. The van der Waals surface area contributed by atoms with Crippen LogP contribution in [-0.4, -0.2) is 33.3 Å². The van der Waals surface area contributed by atoms with Crippen molar-refractivity contribution in [2.24, 2.45) is 0 Å². The summed E-state index contributed by atoms with van der Waals surface area (Å²) in [7, 11) is -3.62. The summed E-state index contributed by atoms with van der Waals surface area (Å²) in [6, 6.07) is 3.52. The van der Waals surface area contributed by atoms with E-state index in [9.17, 15) is 13.2 Å². The van der Waals surface area contributed by atoms with Crippen molar-refractivity contribution in [3.63, 3.8) is 0 Å². The van der Waals surface area contributed by atoms with Crippen LogP contribution in [0.25, 0.3) is 0 Å². The van der Waals surface area contributed by atoms with Crippen LogP contribution in [0.3, 0.4) is 0 Å². The third-order valence-corrected chi connectivity index (χ3v) is 7.76. The number of nitrogens with one attached hydrogen (secondary N) is 2. The molecule has 6 nitrogen and oxygen atoms in total. The summed E-state index contributed by atoms with van der Waals surface area (Å²) in [5.74, 6) is -0.0112. The maximum Gasteiger partial charge on any atom is 0.332 e. The van der Waals surface area contributed by atoms with Crippen LogP contribution in [-0.2, 0) is 16.4 Å². The van der Waals surface area contributed by atoms with Crippen LogP contribution < -0.4 is 14.9 Å². The molecule has 188 valence electrons. The Morgan fingerprint density at radius 2 is 1.61 bits per heavy atom. The summed E-state index contributed by atoms with van der Waals surface area (Å²) in [5, 5.41) is 2.78. The van der Waals surface area contributed by atoms with Gasteiger partial charge in [-0.1, -0.05) is 65.2 Å². The zero-order valence-corrected chi connectivity index (χ0v) is 21.9. The summed E-state index contributed by atoms with van der Waals surface area (Å²) in [6.07, 6.45) is 14.2. The number of benzene rings is 1. The number of urea groups is 1. The van der Waals surface area contributed by atoms with Gasteiger partial charge in [-0.3, -0.25) is 0 Å². The number of fused-ring (bicyclic) bond motifs is 1. The van der Waals surface area contributed by atoms with E-state index in [2.05, 4.69) is 34.9 Å². The molecule has 1 aromatic carbocycles. The maximum atomic E-state index is 12.4. The number of rotatable bonds is 14. The minimum absolute atomic E-state index is 0.0112. The number of nitrogens with zero attached hydrogens (tertiary/aromatic N) is 1. The largest absolute Gasteiger partial charge is 0.371 e. The molecule has 0 bridgehead atoms. The van der Waals surface area contributed by atoms with E-state index in [1.54, 1.807) is 0 Å². The van der Waals surface area contributed by atoms with Crippen LogP contribution in [0.5, 0.6) is 0 Å². The molecule has 0 saturated heterocycles. The fourth-order valence-electron chi connectivity index (χ4n) is 4.48. The average molecular weight is 480 g/mol. The van der Waals surface area contributed by atoms with Gasteiger partial charge in [0.05, 0.1) is 5.75 Å². The summed E-state index contributed by atoms with van der Waals surface area (Å²) in [5.41, 5.74) is 4.15. The van der Waals surface area contributed by atoms with E-state index < -0.39 is 16.1 Å². The van der Waals surface area contributed by atoms with Crippen molar-refractivity contribution < 1.29 is 13.2 Å². The normalized spacial score (nSPS) is 14.0. The lowest BCUT2D eigenvalue weighted by atomic mass is 10.0. The van der Waals surface area contributed by atoms with E-state index in [0.29, 0.717) is 12.1 Å². The first-order chi connectivity index (χ1) is 15.9. The average Bonchev–Trinajstić information content (AvgIpc) is 2.95. The molecule has 0 radical (unpaired) electrons. The highest BCUT2D eigenvalue weighted by Gasteiger charge is 2.19. The number of hydrogen-bond donors (Lipinski definition) is 2. The summed E-state index contributed by atoms with van der Waals surface area (Å²) >= 11 is 0. The molecule has 1 aliphatic rings. The van der Waals surface area contributed by atoms with Crippen molar-refractivity contribution in [1.82, 2.24) is 4.72 Å². The number of carbonyl (C=O) groups excluding carboxylic acids is 1. The molecule has 0 spiro atoms. The quantitative estimate of drug-likeness (QED) is 0.297. The first kappa shape index (κ1) is 27.5. The lowest BCUT2D eigenvalue weighted by Crippen LogP contribution is -2.36. The van der Waals surface area contributed by atoms with Gasteiger partial charge in [-0.2, -0.15) is 0 Å². The fraction of sp³-hybridized carbons (Fsp3) is 0.731. The van der Waals surface area contributed by atoms with Crippen molar-refractivity contribution in [1.29, 1.82) is 0 Å². The number of sulfonamides is 1. The lowest BCUT2D eigenvalue weighted by Gasteiger charge is -2.26. The Kier molecular flexibility index (Phi) is 12.1. The van der Waals surface area contributed by atoms with Crippen LogP contribution in [0.4, 0.5) is 16.2 Å². The molecular weight excluding hydrogens is 434 g/mol. The highest BCUT2D eigenvalue weighted by Crippen LogP contribution is 2.32. The van der Waals surface area contributed by atoms with Gasteiger partial charge in [0.1, 0.15) is 0 Å². The highest BCUT2D eigenvalue weighted by atomic mass is 32.2. The molecule has 2 amide bonds. The Morgan fingerprint density at radius 1 is 0.939 bits per heavy atom. The van der Waals surface area contributed by atoms with E-state index in [4.69, 9.17) is 0 Å². The highest BCUT2D eigenvalue weighted by molar-refractivity contribution is 7.90. The molecular formula is C26H45N3O3S.